The molecule has 3 rings (SSSR count). The molecule has 0 saturated carbocycles. The monoisotopic (exact) mass is 238 g/mol. The van der Waals surface area contributed by atoms with Crippen LogP contribution < -0.4 is 10.6 Å². The molecule has 1 aliphatic heterocycles. The summed E-state index contributed by atoms with van der Waals surface area (Å²) < 4.78 is 0. The van der Waals surface area contributed by atoms with Crippen LogP contribution in [-0.4, -0.2) is 13.1 Å². The number of rotatable bonds is 3. The smallest absolute Gasteiger partial charge is 0.0444 e. The summed E-state index contributed by atoms with van der Waals surface area (Å²) in [5.74, 6) is 0. The third-order valence-electron chi connectivity index (χ3n) is 3.54. The first-order valence-electron chi connectivity index (χ1n) is 6.53. The molecule has 0 aliphatic carbocycles. The topological polar surface area (TPSA) is 29.3 Å². The van der Waals surface area contributed by atoms with E-state index in [-0.39, 0.29) is 0 Å². The predicted octanol–water partition coefficient (Wildman–Crippen LogP) is 2.88. The first kappa shape index (κ1) is 11.3. The van der Waals surface area contributed by atoms with E-state index in [0.29, 0.717) is 6.54 Å². The van der Waals surface area contributed by atoms with Gasteiger partial charge in [0.2, 0.25) is 0 Å². The van der Waals surface area contributed by atoms with Crippen molar-refractivity contribution in [3.63, 3.8) is 0 Å². The van der Waals surface area contributed by atoms with E-state index in [0.717, 1.165) is 19.4 Å². The van der Waals surface area contributed by atoms with Crippen molar-refractivity contribution in [1.29, 1.82) is 0 Å². The molecule has 2 aromatic rings. The molecular formula is C16H18N2. The Bertz CT molecular complexity index is 548. The molecule has 0 fully saturated rings. The highest BCUT2D eigenvalue weighted by molar-refractivity contribution is 5.70. The van der Waals surface area contributed by atoms with Gasteiger partial charge in [-0.3, -0.25) is 0 Å². The molecule has 1 aliphatic rings. The first-order valence-corrected chi connectivity index (χ1v) is 6.53. The van der Waals surface area contributed by atoms with Crippen LogP contribution in [0.5, 0.6) is 0 Å². The number of anilines is 2. The molecule has 0 atom stereocenters. The Kier molecular flexibility index (Phi) is 3.03. The van der Waals surface area contributed by atoms with Crippen LogP contribution in [-0.2, 0) is 12.8 Å². The number of benzene rings is 2. The lowest BCUT2D eigenvalue weighted by atomic mass is 10.1. The zero-order valence-electron chi connectivity index (χ0n) is 10.5. The Morgan fingerprint density at radius 1 is 1.06 bits per heavy atom. The summed E-state index contributed by atoms with van der Waals surface area (Å²) in [5, 5.41) is 0. The minimum Gasteiger partial charge on any atom is -0.341 e. The summed E-state index contributed by atoms with van der Waals surface area (Å²) >= 11 is 0. The van der Waals surface area contributed by atoms with Crippen LogP contribution in [0.1, 0.15) is 11.1 Å². The molecule has 2 heteroatoms. The first-order chi connectivity index (χ1) is 8.88. The molecule has 1 heterocycles. The van der Waals surface area contributed by atoms with Crippen molar-refractivity contribution in [1.82, 2.24) is 0 Å². The molecule has 0 bridgehead atoms. The average molecular weight is 238 g/mol. The molecule has 0 saturated heterocycles. The van der Waals surface area contributed by atoms with Gasteiger partial charge in [-0.1, -0.05) is 30.3 Å². The second kappa shape index (κ2) is 4.83. The predicted molar refractivity (Wildman–Crippen MR) is 76.4 cm³/mol. The Labute approximate surface area is 108 Å². The summed E-state index contributed by atoms with van der Waals surface area (Å²) in [4.78, 5) is 2.40. The number of nitrogens with zero attached hydrogens (tertiary/aromatic N) is 1. The van der Waals surface area contributed by atoms with Crippen molar-refractivity contribution in [2.75, 3.05) is 18.0 Å². The molecule has 0 amide bonds. The number of nitrogens with two attached hydrogens (primary N) is 1. The fourth-order valence-electron chi connectivity index (χ4n) is 2.65. The van der Waals surface area contributed by atoms with Crippen LogP contribution in [0.25, 0.3) is 0 Å². The molecule has 2 aromatic carbocycles. The third-order valence-corrected chi connectivity index (χ3v) is 3.54. The molecule has 0 aromatic heterocycles. The summed E-state index contributed by atoms with van der Waals surface area (Å²) in [7, 11) is 0. The standard InChI is InChI=1S/C16H18N2/c17-10-8-13-4-3-6-15(12-13)18-11-9-14-5-1-2-7-16(14)18/h1-7,12H,8-11,17H2. The zero-order valence-corrected chi connectivity index (χ0v) is 10.5. The van der Waals surface area contributed by atoms with E-state index in [1.807, 2.05) is 0 Å². The van der Waals surface area contributed by atoms with Crippen LogP contribution in [0.15, 0.2) is 48.5 Å². The molecule has 92 valence electrons. The maximum absolute atomic E-state index is 5.63. The number of fused-ring (bicyclic) bond motifs is 1. The fraction of sp³-hybridized carbons (Fsp3) is 0.250. The van der Waals surface area contributed by atoms with E-state index in [1.54, 1.807) is 0 Å². The average Bonchev–Trinajstić information content (AvgIpc) is 2.83. The van der Waals surface area contributed by atoms with Gasteiger partial charge in [0.05, 0.1) is 0 Å². The van der Waals surface area contributed by atoms with Gasteiger partial charge in [0.15, 0.2) is 0 Å². The highest BCUT2D eigenvalue weighted by atomic mass is 15.2. The van der Waals surface area contributed by atoms with Crippen LogP contribution in [0.4, 0.5) is 11.4 Å². The SMILES string of the molecule is NCCc1cccc(N2CCc3ccccc32)c1. The quantitative estimate of drug-likeness (QED) is 0.891. The van der Waals surface area contributed by atoms with Crippen LogP contribution in [0.2, 0.25) is 0 Å². The van der Waals surface area contributed by atoms with E-state index < -0.39 is 0 Å². The minimum absolute atomic E-state index is 0.708. The Balaban J connectivity index is 1.94. The van der Waals surface area contributed by atoms with Gasteiger partial charge in [0.1, 0.15) is 0 Å². The molecule has 0 radical (unpaired) electrons. The minimum atomic E-state index is 0.708. The van der Waals surface area contributed by atoms with Crippen LogP contribution in [0.3, 0.4) is 0 Å². The zero-order chi connectivity index (χ0) is 12.4. The number of hydrogen-bond acceptors (Lipinski definition) is 2. The molecular weight excluding hydrogens is 220 g/mol. The van der Waals surface area contributed by atoms with Gasteiger partial charge in [0.25, 0.3) is 0 Å². The lowest BCUT2D eigenvalue weighted by Gasteiger charge is -2.20. The van der Waals surface area contributed by atoms with Gasteiger partial charge < -0.3 is 10.6 Å². The molecule has 0 spiro atoms. The fourth-order valence-corrected chi connectivity index (χ4v) is 2.65. The van der Waals surface area contributed by atoms with Crippen molar-refractivity contribution in [2.45, 2.75) is 12.8 Å². The summed E-state index contributed by atoms with van der Waals surface area (Å²) in [6.45, 7) is 1.78. The lowest BCUT2D eigenvalue weighted by molar-refractivity contribution is 0.959. The Hall–Kier alpha value is -1.80. The van der Waals surface area contributed by atoms with Crippen molar-refractivity contribution < 1.29 is 0 Å². The number of hydrogen-bond donors (Lipinski definition) is 1. The molecule has 2 N–H and O–H groups in total. The maximum atomic E-state index is 5.63. The molecule has 18 heavy (non-hydrogen) atoms. The van der Waals surface area contributed by atoms with Crippen molar-refractivity contribution >= 4 is 11.4 Å². The Morgan fingerprint density at radius 2 is 1.94 bits per heavy atom. The lowest BCUT2D eigenvalue weighted by Crippen LogP contribution is -2.13. The van der Waals surface area contributed by atoms with Crippen molar-refractivity contribution in [3.05, 3.63) is 59.7 Å². The van der Waals surface area contributed by atoms with Gasteiger partial charge in [-0.2, -0.15) is 0 Å². The highest BCUT2D eigenvalue weighted by Gasteiger charge is 2.19. The van der Waals surface area contributed by atoms with Crippen LogP contribution >= 0.6 is 0 Å². The van der Waals surface area contributed by atoms with Gasteiger partial charge in [-0.05, 0) is 48.7 Å². The van der Waals surface area contributed by atoms with E-state index in [2.05, 4.69) is 53.4 Å². The second-order valence-electron chi connectivity index (χ2n) is 4.74. The van der Waals surface area contributed by atoms with E-state index in [4.69, 9.17) is 5.73 Å². The van der Waals surface area contributed by atoms with Gasteiger partial charge in [0, 0.05) is 17.9 Å². The van der Waals surface area contributed by atoms with Crippen molar-refractivity contribution in [3.8, 4) is 0 Å². The summed E-state index contributed by atoms with van der Waals surface area (Å²) in [5.41, 5.74) is 11.0. The highest BCUT2D eigenvalue weighted by Crippen LogP contribution is 2.34. The maximum Gasteiger partial charge on any atom is 0.0444 e. The molecule has 2 nitrogen and oxygen atoms in total. The largest absolute Gasteiger partial charge is 0.341 e. The van der Waals surface area contributed by atoms with Gasteiger partial charge in [-0.15, -0.1) is 0 Å². The van der Waals surface area contributed by atoms with Crippen molar-refractivity contribution in [2.24, 2.45) is 5.73 Å². The summed E-state index contributed by atoms with van der Waals surface area (Å²) in [6.07, 6.45) is 2.08. The normalized spacial score (nSPS) is 13.7. The van der Waals surface area contributed by atoms with E-state index in [9.17, 15) is 0 Å². The van der Waals surface area contributed by atoms with Gasteiger partial charge >= 0.3 is 0 Å². The summed E-state index contributed by atoms with van der Waals surface area (Å²) in [6, 6.07) is 17.4. The molecule has 0 unspecified atom stereocenters. The third kappa shape index (κ3) is 2.00. The van der Waals surface area contributed by atoms with E-state index >= 15 is 0 Å². The Morgan fingerprint density at radius 3 is 2.83 bits per heavy atom. The van der Waals surface area contributed by atoms with E-state index in [1.165, 1.54) is 22.5 Å². The second-order valence-corrected chi connectivity index (χ2v) is 4.74. The van der Waals surface area contributed by atoms with Gasteiger partial charge in [-0.25, -0.2) is 0 Å². The number of para-hydroxylation sites is 1. The van der Waals surface area contributed by atoms with Crippen LogP contribution in [0, 0.1) is 0 Å².